The van der Waals surface area contributed by atoms with Gasteiger partial charge in [-0.3, -0.25) is 4.98 Å². The number of nitrogens with zero attached hydrogens (tertiary/aromatic N) is 1. The lowest BCUT2D eigenvalue weighted by Crippen LogP contribution is -2.13. The van der Waals surface area contributed by atoms with Crippen molar-refractivity contribution >= 4 is 28.2 Å². The minimum atomic E-state index is 0.723. The molecule has 1 fully saturated rings. The lowest BCUT2D eigenvalue weighted by atomic mass is 10.0. The summed E-state index contributed by atoms with van der Waals surface area (Å²) >= 11 is 6.21. The number of pyridine rings is 1. The van der Waals surface area contributed by atoms with Gasteiger partial charge in [0.25, 0.3) is 0 Å². The highest BCUT2D eigenvalue weighted by atomic mass is 35.5. The van der Waals surface area contributed by atoms with E-state index < -0.39 is 0 Å². The van der Waals surface area contributed by atoms with Crippen molar-refractivity contribution in [3.05, 3.63) is 35.5 Å². The van der Waals surface area contributed by atoms with Crippen LogP contribution in [0.3, 0.4) is 0 Å². The van der Waals surface area contributed by atoms with Crippen LogP contribution >= 0.6 is 11.6 Å². The highest BCUT2D eigenvalue weighted by Crippen LogP contribution is 2.29. The Kier molecular flexibility index (Phi) is 4.41. The maximum Gasteiger partial charge on any atom is 0.0908 e. The van der Waals surface area contributed by atoms with Gasteiger partial charge < -0.3 is 5.32 Å². The van der Waals surface area contributed by atoms with Crippen molar-refractivity contribution in [3.8, 4) is 0 Å². The predicted molar refractivity (Wildman–Crippen MR) is 86.4 cm³/mol. The number of hydrogen-bond acceptors (Lipinski definition) is 2. The fourth-order valence-electron chi connectivity index (χ4n) is 3.11. The summed E-state index contributed by atoms with van der Waals surface area (Å²) < 4.78 is 0. The Labute approximate surface area is 125 Å². The number of anilines is 1. The van der Waals surface area contributed by atoms with Crippen LogP contribution in [0.4, 0.5) is 5.69 Å². The summed E-state index contributed by atoms with van der Waals surface area (Å²) in [5.74, 6) is 0.805. The normalized spacial score (nSPS) is 17.1. The van der Waals surface area contributed by atoms with Crippen molar-refractivity contribution in [1.29, 1.82) is 0 Å². The summed E-state index contributed by atoms with van der Waals surface area (Å²) in [6.07, 6.45) is 10.1. The molecule has 2 aromatic rings. The SMILES string of the molecule is Clc1ccc(NCC2CCCCCC2)c2cccnc12. The van der Waals surface area contributed by atoms with Crippen LogP contribution in [-0.2, 0) is 0 Å². The van der Waals surface area contributed by atoms with E-state index in [1.54, 1.807) is 6.20 Å². The molecule has 0 radical (unpaired) electrons. The van der Waals surface area contributed by atoms with Gasteiger partial charge in [0, 0.05) is 23.8 Å². The van der Waals surface area contributed by atoms with E-state index in [1.807, 2.05) is 12.1 Å². The van der Waals surface area contributed by atoms with Crippen LogP contribution in [0.2, 0.25) is 5.02 Å². The van der Waals surface area contributed by atoms with Crippen LogP contribution in [0.1, 0.15) is 38.5 Å². The number of nitrogens with one attached hydrogen (secondary N) is 1. The molecule has 1 aromatic heterocycles. The zero-order valence-electron chi connectivity index (χ0n) is 11.7. The minimum Gasteiger partial charge on any atom is -0.384 e. The van der Waals surface area contributed by atoms with Crippen molar-refractivity contribution in [3.63, 3.8) is 0 Å². The third-order valence-corrected chi connectivity index (χ3v) is 4.58. The van der Waals surface area contributed by atoms with E-state index in [2.05, 4.69) is 22.4 Å². The lowest BCUT2D eigenvalue weighted by Gasteiger charge is -2.17. The Morgan fingerprint density at radius 1 is 1.10 bits per heavy atom. The first-order valence-corrected chi connectivity index (χ1v) is 7.99. The van der Waals surface area contributed by atoms with Crippen LogP contribution in [0.15, 0.2) is 30.5 Å². The molecule has 1 saturated carbocycles. The molecular formula is C17H21ClN2. The minimum absolute atomic E-state index is 0.723. The fourth-order valence-corrected chi connectivity index (χ4v) is 3.33. The van der Waals surface area contributed by atoms with E-state index in [1.165, 1.54) is 38.5 Å². The van der Waals surface area contributed by atoms with Crippen LogP contribution < -0.4 is 5.32 Å². The second-order valence-electron chi connectivity index (χ2n) is 5.73. The van der Waals surface area contributed by atoms with E-state index in [0.717, 1.165) is 34.1 Å². The Morgan fingerprint density at radius 3 is 2.70 bits per heavy atom. The molecule has 20 heavy (non-hydrogen) atoms. The quantitative estimate of drug-likeness (QED) is 0.778. The molecule has 106 valence electrons. The van der Waals surface area contributed by atoms with Crippen LogP contribution in [0.5, 0.6) is 0 Å². The van der Waals surface area contributed by atoms with E-state index in [-0.39, 0.29) is 0 Å². The van der Waals surface area contributed by atoms with Gasteiger partial charge in [-0.1, -0.05) is 37.3 Å². The molecule has 1 N–H and O–H groups in total. The van der Waals surface area contributed by atoms with Gasteiger partial charge in [0.2, 0.25) is 0 Å². The monoisotopic (exact) mass is 288 g/mol. The van der Waals surface area contributed by atoms with Gasteiger partial charge in [-0.2, -0.15) is 0 Å². The molecule has 0 unspecified atom stereocenters. The molecule has 1 heterocycles. The van der Waals surface area contributed by atoms with E-state index in [0.29, 0.717) is 0 Å². The van der Waals surface area contributed by atoms with Gasteiger partial charge in [-0.15, -0.1) is 0 Å². The highest BCUT2D eigenvalue weighted by molar-refractivity contribution is 6.35. The van der Waals surface area contributed by atoms with Crippen molar-refractivity contribution < 1.29 is 0 Å². The Hall–Kier alpha value is -1.28. The molecule has 0 saturated heterocycles. The van der Waals surface area contributed by atoms with Crippen molar-refractivity contribution in [1.82, 2.24) is 4.98 Å². The third kappa shape index (κ3) is 3.06. The van der Waals surface area contributed by atoms with Gasteiger partial charge in [0.15, 0.2) is 0 Å². The first kappa shape index (κ1) is 13.7. The third-order valence-electron chi connectivity index (χ3n) is 4.28. The number of benzene rings is 1. The second-order valence-corrected chi connectivity index (χ2v) is 6.14. The Morgan fingerprint density at radius 2 is 1.90 bits per heavy atom. The second kappa shape index (κ2) is 6.45. The first-order valence-electron chi connectivity index (χ1n) is 7.62. The zero-order chi connectivity index (χ0) is 13.8. The van der Waals surface area contributed by atoms with Crippen LogP contribution in [0.25, 0.3) is 10.9 Å². The molecule has 0 aliphatic heterocycles. The van der Waals surface area contributed by atoms with Gasteiger partial charge in [0.05, 0.1) is 10.5 Å². The molecular weight excluding hydrogens is 268 g/mol. The number of fused-ring (bicyclic) bond motifs is 1. The highest BCUT2D eigenvalue weighted by Gasteiger charge is 2.13. The van der Waals surface area contributed by atoms with E-state index in [9.17, 15) is 0 Å². The molecule has 0 amide bonds. The summed E-state index contributed by atoms with van der Waals surface area (Å²) in [7, 11) is 0. The molecule has 3 heteroatoms. The zero-order valence-corrected chi connectivity index (χ0v) is 12.5. The van der Waals surface area contributed by atoms with Crippen molar-refractivity contribution in [2.45, 2.75) is 38.5 Å². The summed E-state index contributed by atoms with van der Waals surface area (Å²) in [4.78, 5) is 4.38. The fraction of sp³-hybridized carbons (Fsp3) is 0.471. The lowest BCUT2D eigenvalue weighted by molar-refractivity contribution is 0.483. The molecule has 1 aromatic carbocycles. The maximum atomic E-state index is 6.21. The van der Waals surface area contributed by atoms with Crippen molar-refractivity contribution in [2.75, 3.05) is 11.9 Å². The number of aromatic nitrogens is 1. The molecule has 0 bridgehead atoms. The first-order chi connectivity index (χ1) is 9.84. The maximum absolute atomic E-state index is 6.21. The van der Waals surface area contributed by atoms with Gasteiger partial charge in [-0.25, -0.2) is 0 Å². The summed E-state index contributed by atoms with van der Waals surface area (Å²) in [6, 6.07) is 8.06. The largest absolute Gasteiger partial charge is 0.384 e. The summed E-state index contributed by atoms with van der Waals surface area (Å²) in [5.41, 5.74) is 2.04. The smallest absolute Gasteiger partial charge is 0.0908 e. The standard InChI is InChI=1S/C17H21ClN2/c18-15-9-10-16(14-8-5-11-19-17(14)15)20-12-13-6-3-1-2-4-7-13/h5,8-11,13,20H,1-4,6-7,12H2. The summed E-state index contributed by atoms with van der Waals surface area (Å²) in [6.45, 7) is 1.06. The van der Waals surface area contributed by atoms with Gasteiger partial charge >= 0.3 is 0 Å². The van der Waals surface area contributed by atoms with E-state index in [4.69, 9.17) is 11.6 Å². The molecule has 0 atom stereocenters. The van der Waals surface area contributed by atoms with Gasteiger partial charge in [-0.05, 0) is 43.0 Å². The average molecular weight is 289 g/mol. The molecule has 0 spiro atoms. The number of halogens is 1. The molecule has 3 rings (SSSR count). The van der Waals surface area contributed by atoms with Gasteiger partial charge in [0.1, 0.15) is 0 Å². The molecule has 1 aliphatic rings. The van der Waals surface area contributed by atoms with Crippen LogP contribution in [0, 0.1) is 5.92 Å². The number of hydrogen-bond donors (Lipinski definition) is 1. The Bertz CT molecular complexity index is 574. The summed E-state index contributed by atoms with van der Waals surface area (Å²) in [5, 5.41) is 5.46. The topological polar surface area (TPSA) is 24.9 Å². The average Bonchev–Trinajstić information content (AvgIpc) is 2.76. The van der Waals surface area contributed by atoms with Crippen LogP contribution in [-0.4, -0.2) is 11.5 Å². The number of rotatable bonds is 3. The molecule has 2 nitrogen and oxygen atoms in total. The Balaban J connectivity index is 1.75. The molecule has 1 aliphatic carbocycles. The van der Waals surface area contributed by atoms with E-state index >= 15 is 0 Å². The predicted octanol–water partition coefficient (Wildman–Crippen LogP) is 5.27. The van der Waals surface area contributed by atoms with Crippen molar-refractivity contribution in [2.24, 2.45) is 5.92 Å².